The molecule has 1 saturated carbocycles. The lowest BCUT2D eigenvalue weighted by atomic mass is 10.3. The van der Waals surface area contributed by atoms with Crippen molar-refractivity contribution in [2.24, 2.45) is 0 Å². The highest BCUT2D eigenvalue weighted by Crippen LogP contribution is 2.50. The molecule has 0 aliphatic heterocycles. The molecule has 0 bridgehead atoms. The highest BCUT2D eigenvalue weighted by Gasteiger charge is 2.64. The molecule has 0 aromatic carbocycles. The molecule has 0 saturated heterocycles. The number of aromatic nitrogens is 3. The summed E-state index contributed by atoms with van der Waals surface area (Å²) in [4.78, 5) is 13.5. The highest BCUT2D eigenvalue weighted by molar-refractivity contribution is 5.45. The zero-order valence-corrected chi connectivity index (χ0v) is 10.8. The van der Waals surface area contributed by atoms with E-state index in [2.05, 4.69) is 25.6 Å². The number of hydrogen-bond acceptors (Lipinski definition) is 6. The molecule has 0 unspecified atom stereocenters. The van der Waals surface area contributed by atoms with E-state index in [1.54, 1.807) is 26.0 Å². The molecule has 0 radical (unpaired) electrons. The molecule has 2 N–H and O–H groups in total. The fourth-order valence-corrected chi connectivity index (χ4v) is 1.55. The number of alkyl halides is 3. The minimum atomic E-state index is -4.31. The summed E-state index contributed by atoms with van der Waals surface area (Å²) in [5.74, 6) is 0.442. The molecular formula is C10H15F3N6. The Kier molecular flexibility index (Phi) is 3.15. The van der Waals surface area contributed by atoms with Gasteiger partial charge in [-0.15, -0.1) is 0 Å². The van der Waals surface area contributed by atoms with Gasteiger partial charge >= 0.3 is 6.18 Å². The zero-order valence-electron chi connectivity index (χ0n) is 10.8. The second-order valence-electron chi connectivity index (χ2n) is 4.63. The van der Waals surface area contributed by atoms with Crippen molar-refractivity contribution >= 4 is 17.8 Å². The van der Waals surface area contributed by atoms with Gasteiger partial charge in [-0.05, 0) is 12.8 Å². The van der Waals surface area contributed by atoms with Gasteiger partial charge in [0.25, 0.3) is 0 Å². The normalized spacial score (nSPS) is 16.9. The van der Waals surface area contributed by atoms with Gasteiger partial charge in [0.05, 0.1) is 0 Å². The van der Waals surface area contributed by atoms with Gasteiger partial charge in [0.1, 0.15) is 5.54 Å². The van der Waals surface area contributed by atoms with Crippen molar-refractivity contribution in [3.63, 3.8) is 0 Å². The second-order valence-corrected chi connectivity index (χ2v) is 4.63. The first-order valence-electron chi connectivity index (χ1n) is 5.73. The first-order chi connectivity index (χ1) is 8.77. The van der Waals surface area contributed by atoms with Crippen LogP contribution in [0.4, 0.5) is 31.0 Å². The van der Waals surface area contributed by atoms with Gasteiger partial charge in [0, 0.05) is 21.1 Å². The topological polar surface area (TPSA) is 66.0 Å². The largest absolute Gasteiger partial charge is 0.411 e. The lowest BCUT2D eigenvalue weighted by Crippen LogP contribution is -2.39. The van der Waals surface area contributed by atoms with Crippen LogP contribution >= 0.6 is 0 Å². The van der Waals surface area contributed by atoms with Gasteiger partial charge in [0.2, 0.25) is 17.8 Å². The first-order valence-corrected chi connectivity index (χ1v) is 5.73. The summed E-state index contributed by atoms with van der Waals surface area (Å²) in [5.41, 5.74) is -1.89. The van der Waals surface area contributed by atoms with Crippen molar-refractivity contribution in [1.82, 2.24) is 15.0 Å². The third-order valence-electron chi connectivity index (χ3n) is 2.89. The van der Waals surface area contributed by atoms with Crippen molar-refractivity contribution in [1.29, 1.82) is 0 Å². The van der Waals surface area contributed by atoms with Crippen LogP contribution in [0, 0.1) is 0 Å². The van der Waals surface area contributed by atoms with Gasteiger partial charge in [0.15, 0.2) is 0 Å². The number of halogens is 3. The van der Waals surface area contributed by atoms with Crippen molar-refractivity contribution in [2.45, 2.75) is 24.6 Å². The maximum Gasteiger partial charge on any atom is 0.411 e. The SMILES string of the molecule is CNc1nc(NC2(C(F)(F)F)CC2)nc(N(C)C)n1. The third kappa shape index (κ3) is 2.64. The number of nitrogens with one attached hydrogen (secondary N) is 2. The number of nitrogens with zero attached hydrogens (tertiary/aromatic N) is 4. The average Bonchev–Trinajstić information content (AvgIpc) is 3.08. The van der Waals surface area contributed by atoms with Gasteiger partial charge in [-0.2, -0.15) is 28.1 Å². The molecule has 1 aromatic rings. The van der Waals surface area contributed by atoms with Crippen molar-refractivity contribution < 1.29 is 13.2 Å². The summed E-state index contributed by atoms with van der Waals surface area (Å²) >= 11 is 0. The van der Waals surface area contributed by atoms with Crippen molar-refractivity contribution in [3.8, 4) is 0 Å². The van der Waals surface area contributed by atoms with E-state index in [1.165, 1.54) is 0 Å². The third-order valence-corrected chi connectivity index (χ3v) is 2.89. The molecule has 0 spiro atoms. The molecular weight excluding hydrogens is 261 g/mol. The molecule has 1 aliphatic carbocycles. The quantitative estimate of drug-likeness (QED) is 0.868. The minimum Gasteiger partial charge on any atom is -0.357 e. The Labute approximate surface area is 108 Å². The average molecular weight is 276 g/mol. The van der Waals surface area contributed by atoms with Gasteiger partial charge in [-0.1, -0.05) is 0 Å². The second kappa shape index (κ2) is 4.39. The monoisotopic (exact) mass is 276 g/mol. The van der Waals surface area contributed by atoms with Crippen molar-refractivity contribution in [3.05, 3.63) is 0 Å². The van der Waals surface area contributed by atoms with Gasteiger partial charge < -0.3 is 15.5 Å². The van der Waals surface area contributed by atoms with Gasteiger partial charge in [-0.3, -0.25) is 0 Å². The molecule has 2 rings (SSSR count). The summed E-state index contributed by atoms with van der Waals surface area (Å²) in [6, 6.07) is 0. The van der Waals surface area contributed by atoms with E-state index in [-0.39, 0.29) is 24.7 Å². The van der Waals surface area contributed by atoms with E-state index >= 15 is 0 Å². The summed E-state index contributed by atoms with van der Waals surface area (Å²) in [6.45, 7) is 0. The number of anilines is 3. The molecule has 1 aromatic heterocycles. The zero-order chi connectivity index (χ0) is 14.3. The molecule has 106 valence electrons. The Morgan fingerprint density at radius 1 is 1.11 bits per heavy atom. The molecule has 1 fully saturated rings. The van der Waals surface area contributed by atoms with Crippen LogP contribution in [0.2, 0.25) is 0 Å². The highest BCUT2D eigenvalue weighted by atomic mass is 19.4. The molecule has 9 heteroatoms. The Balaban J connectivity index is 2.28. The maximum absolute atomic E-state index is 12.9. The fraction of sp³-hybridized carbons (Fsp3) is 0.700. The van der Waals surface area contributed by atoms with Crippen LogP contribution in [-0.2, 0) is 0 Å². The predicted molar refractivity (Wildman–Crippen MR) is 65.3 cm³/mol. The van der Waals surface area contributed by atoms with E-state index < -0.39 is 11.7 Å². The lowest BCUT2D eigenvalue weighted by molar-refractivity contribution is -0.151. The van der Waals surface area contributed by atoms with Crippen LogP contribution in [0.5, 0.6) is 0 Å². The van der Waals surface area contributed by atoms with Gasteiger partial charge in [-0.25, -0.2) is 0 Å². The smallest absolute Gasteiger partial charge is 0.357 e. The van der Waals surface area contributed by atoms with Crippen molar-refractivity contribution in [2.75, 3.05) is 36.7 Å². The van der Waals surface area contributed by atoms with Crippen LogP contribution in [0.3, 0.4) is 0 Å². The molecule has 0 atom stereocenters. The van der Waals surface area contributed by atoms with E-state index in [1.807, 2.05) is 0 Å². The van der Waals surface area contributed by atoms with Crippen LogP contribution in [0.1, 0.15) is 12.8 Å². The van der Waals surface area contributed by atoms with Crippen LogP contribution < -0.4 is 15.5 Å². The summed E-state index contributed by atoms with van der Waals surface area (Å²) in [5, 5.41) is 5.08. The van der Waals surface area contributed by atoms with E-state index in [9.17, 15) is 13.2 Å². The first kappa shape index (κ1) is 13.6. The van der Waals surface area contributed by atoms with Crippen LogP contribution in [-0.4, -0.2) is 47.8 Å². The number of hydrogen-bond donors (Lipinski definition) is 2. The predicted octanol–water partition coefficient (Wildman–Crippen LogP) is 1.49. The summed E-state index contributed by atoms with van der Waals surface area (Å²) in [7, 11) is 5.00. The fourth-order valence-electron chi connectivity index (χ4n) is 1.55. The number of rotatable bonds is 4. The summed E-state index contributed by atoms with van der Waals surface area (Å²) in [6.07, 6.45) is -4.24. The Morgan fingerprint density at radius 3 is 2.11 bits per heavy atom. The molecule has 19 heavy (non-hydrogen) atoms. The lowest BCUT2D eigenvalue weighted by Gasteiger charge is -2.21. The molecule has 0 amide bonds. The molecule has 6 nitrogen and oxygen atoms in total. The minimum absolute atomic E-state index is 0.0361. The Hall–Kier alpha value is -1.80. The van der Waals surface area contributed by atoms with E-state index in [0.717, 1.165) is 0 Å². The van der Waals surface area contributed by atoms with Crippen LogP contribution in [0.25, 0.3) is 0 Å². The van der Waals surface area contributed by atoms with Crippen LogP contribution in [0.15, 0.2) is 0 Å². The standard InChI is InChI=1S/C10H15F3N6/c1-14-6-15-7(17-8(16-6)19(2)3)18-9(4-5-9)10(11,12)13/h4-5H2,1-3H3,(H2,14,15,16,17,18). The maximum atomic E-state index is 12.9. The summed E-state index contributed by atoms with van der Waals surface area (Å²) < 4.78 is 38.6. The Bertz CT molecular complexity index is 469. The Morgan fingerprint density at radius 2 is 1.68 bits per heavy atom. The van der Waals surface area contributed by atoms with E-state index in [0.29, 0.717) is 5.95 Å². The molecule has 1 heterocycles. The van der Waals surface area contributed by atoms with E-state index in [4.69, 9.17) is 0 Å². The molecule has 1 aliphatic rings.